The van der Waals surface area contributed by atoms with E-state index in [1.54, 1.807) is 36.4 Å². The van der Waals surface area contributed by atoms with E-state index in [1.165, 1.54) is 6.07 Å². The molecule has 2 N–H and O–H groups in total. The number of benzene rings is 3. The van der Waals surface area contributed by atoms with Crippen LogP contribution in [0.15, 0.2) is 66.7 Å². The van der Waals surface area contributed by atoms with Crippen molar-refractivity contribution in [3.8, 4) is 0 Å². The van der Waals surface area contributed by atoms with E-state index < -0.39 is 10.8 Å². The predicted octanol–water partition coefficient (Wildman–Crippen LogP) is 5.57. The number of nitro groups is 1. The van der Waals surface area contributed by atoms with Crippen LogP contribution in [0.25, 0.3) is 0 Å². The molecule has 0 spiro atoms. The van der Waals surface area contributed by atoms with Gasteiger partial charge < -0.3 is 20.0 Å². The number of hydrogen-bond acceptors (Lipinski definition) is 7. The Morgan fingerprint density at radius 3 is 2.14 bits per heavy atom. The topological polar surface area (TPSA) is 111 Å². The molecule has 3 aromatic carbocycles. The highest BCUT2D eigenvalue weighted by molar-refractivity contribution is 7.80. The van der Waals surface area contributed by atoms with Crippen LogP contribution in [0, 0.1) is 16.0 Å². The van der Waals surface area contributed by atoms with Gasteiger partial charge in [-0.1, -0.05) is 18.5 Å². The lowest BCUT2D eigenvalue weighted by molar-refractivity contribution is -0.384. The second kappa shape index (κ2) is 13.4. The fraction of sp³-hybridized carbons (Fsp3) is 0.323. The minimum Gasteiger partial charge on any atom is -0.368 e. The average molecular weight is 621 g/mol. The lowest BCUT2D eigenvalue weighted by atomic mass is 9.98. The van der Waals surface area contributed by atoms with Crippen molar-refractivity contribution in [2.45, 2.75) is 19.8 Å². The van der Waals surface area contributed by atoms with Gasteiger partial charge >= 0.3 is 0 Å². The highest BCUT2D eigenvalue weighted by Crippen LogP contribution is 2.32. The maximum atomic E-state index is 12.9. The number of nitrogens with one attached hydrogen (secondary N) is 2. The minimum absolute atomic E-state index is 0.00589. The molecule has 0 unspecified atom stereocenters. The van der Waals surface area contributed by atoms with Gasteiger partial charge in [0, 0.05) is 72.9 Å². The van der Waals surface area contributed by atoms with Gasteiger partial charge in [0.25, 0.3) is 17.5 Å². The molecule has 0 saturated carbocycles. The molecule has 0 aromatic heterocycles. The molecular formula is C31H33ClN6O4S. The van der Waals surface area contributed by atoms with E-state index in [4.69, 9.17) is 23.8 Å². The zero-order valence-electron chi connectivity index (χ0n) is 23.8. The first-order valence-electron chi connectivity index (χ1n) is 14.2. The lowest BCUT2D eigenvalue weighted by Crippen LogP contribution is -2.48. The zero-order chi connectivity index (χ0) is 30.5. The molecule has 10 nitrogen and oxygen atoms in total. The SMILES string of the molecule is CC1CCN(c2ccc(C(=O)NC(=S)Nc3ccc(N4CCN(C(=O)c5ccc(Cl)cc5)CC4)cc3)cc2[N+](=O)[O-])CC1. The van der Waals surface area contributed by atoms with E-state index in [0.717, 1.165) is 31.6 Å². The standard InChI is InChI=1S/C31H33ClN6O4S/c1-21-12-14-36(15-13-21)27-11-4-23(20-28(27)38(41)42)29(39)34-31(43)33-25-7-9-26(10-8-25)35-16-18-37(19-17-35)30(40)22-2-5-24(32)6-3-22/h2-11,20-21H,12-19H2,1H3,(H2,33,34,39,43). The summed E-state index contributed by atoms with van der Waals surface area (Å²) in [4.78, 5) is 43.1. The fourth-order valence-corrected chi connectivity index (χ4v) is 5.70. The molecule has 2 aliphatic heterocycles. The van der Waals surface area contributed by atoms with Crippen molar-refractivity contribution in [3.05, 3.63) is 93.0 Å². The van der Waals surface area contributed by atoms with Crippen LogP contribution >= 0.6 is 23.8 Å². The molecule has 224 valence electrons. The second-order valence-electron chi connectivity index (χ2n) is 10.9. The Hall–Kier alpha value is -4.22. The number of piperazine rings is 1. The summed E-state index contributed by atoms with van der Waals surface area (Å²) in [5, 5.41) is 18.1. The Kier molecular flexibility index (Phi) is 9.42. The maximum absolute atomic E-state index is 12.9. The summed E-state index contributed by atoms with van der Waals surface area (Å²) in [5.41, 5.74) is 2.92. The van der Waals surface area contributed by atoms with E-state index in [2.05, 4.69) is 22.5 Å². The predicted molar refractivity (Wildman–Crippen MR) is 173 cm³/mol. The molecule has 0 atom stereocenters. The smallest absolute Gasteiger partial charge is 0.293 e. The van der Waals surface area contributed by atoms with E-state index in [-0.39, 0.29) is 22.3 Å². The highest BCUT2D eigenvalue weighted by Gasteiger charge is 2.25. The summed E-state index contributed by atoms with van der Waals surface area (Å²) in [5.74, 6) is 0.0646. The Balaban J connectivity index is 1.13. The fourth-order valence-electron chi connectivity index (χ4n) is 5.36. The summed E-state index contributed by atoms with van der Waals surface area (Å²) < 4.78 is 0. The Morgan fingerprint density at radius 1 is 0.884 bits per heavy atom. The van der Waals surface area contributed by atoms with Gasteiger partial charge in [-0.2, -0.15) is 0 Å². The van der Waals surface area contributed by atoms with Crippen LogP contribution in [0.4, 0.5) is 22.7 Å². The Bertz CT molecular complexity index is 1500. The number of carbonyl (C=O) groups excluding carboxylic acids is 2. The monoisotopic (exact) mass is 620 g/mol. The molecule has 0 radical (unpaired) electrons. The van der Waals surface area contributed by atoms with Gasteiger partial charge in [0.15, 0.2) is 5.11 Å². The molecule has 3 aromatic rings. The number of halogens is 1. The van der Waals surface area contributed by atoms with E-state index >= 15 is 0 Å². The summed E-state index contributed by atoms with van der Waals surface area (Å²) in [6, 6.07) is 19.1. The minimum atomic E-state index is -0.526. The van der Waals surface area contributed by atoms with Gasteiger partial charge in [0.1, 0.15) is 5.69 Å². The van der Waals surface area contributed by atoms with Crippen molar-refractivity contribution < 1.29 is 14.5 Å². The summed E-state index contributed by atoms with van der Waals surface area (Å²) in [7, 11) is 0. The van der Waals surface area contributed by atoms with Crippen molar-refractivity contribution >= 4 is 63.5 Å². The van der Waals surface area contributed by atoms with Crippen molar-refractivity contribution in [1.29, 1.82) is 0 Å². The normalized spacial score (nSPS) is 15.6. The summed E-state index contributed by atoms with van der Waals surface area (Å²) in [6.07, 6.45) is 1.95. The molecule has 12 heteroatoms. The quantitative estimate of drug-likeness (QED) is 0.209. The second-order valence-corrected chi connectivity index (χ2v) is 11.7. The number of nitro benzene ring substituents is 1. The summed E-state index contributed by atoms with van der Waals surface area (Å²) >= 11 is 11.3. The van der Waals surface area contributed by atoms with Crippen LogP contribution in [-0.4, -0.2) is 66.0 Å². The highest BCUT2D eigenvalue weighted by atomic mass is 35.5. The third-order valence-corrected chi connectivity index (χ3v) is 8.39. The third kappa shape index (κ3) is 7.41. The molecule has 5 rings (SSSR count). The molecule has 0 aliphatic carbocycles. The largest absolute Gasteiger partial charge is 0.368 e. The van der Waals surface area contributed by atoms with Crippen LogP contribution < -0.4 is 20.4 Å². The van der Waals surface area contributed by atoms with Crippen LogP contribution in [-0.2, 0) is 0 Å². The van der Waals surface area contributed by atoms with Gasteiger partial charge in [-0.05, 0) is 91.6 Å². The molecule has 2 aliphatic rings. The maximum Gasteiger partial charge on any atom is 0.293 e. The average Bonchev–Trinajstić information content (AvgIpc) is 3.01. The van der Waals surface area contributed by atoms with Gasteiger partial charge in [-0.25, -0.2) is 0 Å². The molecule has 43 heavy (non-hydrogen) atoms. The number of anilines is 3. The van der Waals surface area contributed by atoms with Crippen LogP contribution in [0.2, 0.25) is 5.02 Å². The van der Waals surface area contributed by atoms with Crippen LogP contribution in [0.3, 0.4) is 0 Å². The first kappa shape index (κ1) is 30.2. The Morgan fingerprint density at radius 2 is 1.51 bits per heavy atom. The molecule has 2 heterocycles. The molecule has 2 saturated heterocycles. The Labute approximate surface area is 260 Å². The number of carbonyl (C=O) groups is 2. The van der Waals surface area contributed by atoms with E-state index in [9.17, 15) is 19.7 Å². The number of amides is 2. The number of nitrogens with zero attached hydrogens (tertiary/aromatic N) is 4. The third-order valence-electron chi connectivity index (χ3n) is 7.93. The van der Waals surface area contributed by atoms with Gasteiger partial charge in [0.2, 0.25) is 0 Å². The molecule has 2 fully saturated rings. The molecular weight excluding hydrogens is 588 g/mol. The van der Waals surface area contributed by atoms with Gasteiger partial charge in [-0.15, -0.1) is 0 Å². The molecule has 0 bridgehead atoms. The number of hydrogen-bond donors (Lipinski definition) is 2. The molecule has 2 amide bonds. The van der Waals surface area contributed by atoms with Crippen molar-refractivity contribution in [2.75, 3.05) is 54.4 Å². The zero-order valence-corrected chi connectivity index (χ0v) is 25.4. The van der Waals surface area contributed by atoms with E-state index in [0.29, 0.717) is 54.1 Å². The van der Waals surface area contributed by atoms with E-state index in [1.807, 2.05) is 34.1 Å². The lowest BCUT2D eigenvalue weighted by Gasteiger charge is -2.36. The van der Waals surface area contributed by atoms with Crippen LogP contribution in [0.5, 0.6) is 0 Å². The first-order valence-corrected chi connectivity index (χ1v) is 15.0. The number of piperidine rings is 1. The van der Waals surface area contributed by atoms with Crippen LogP contribution in [0.1, 0.15) is 40.5 Å². The van der Waals surface area contributed by atoms with Crippen molar-refractivity contribution in [3.63, 3.8) is 0 Å². The summed E-state index contributed by atoms with van der Waals surface area (Å²) in [6.45, 7) is 6.29. The first-order chi connectivity index (χ1) is 20.7. The van der Waals surface area contributed by atoms with Crippen molar-refractivity contribution in [1.82, 2.24) is 10.2 Å². The number of thiocarbonyl (C=S) groups is 1. The van der Waals surface area contributed by atoms with Gasteiger partial charge in [-0.3, -0.25) is 25.0 Å². The van der Waals surface area contributed by atoms with Crippen molar-refractivity contribution in [2.24, 2.45) is 5.92 Å². The van der Waals surface area contributed by atoms with Gasteiger partial charge in [0.05, 0.1) is 4.92 Å². The number of rotatable bonds is 6.